The summed E-state index contributed by atoms with van der Waals surface area (Å²) in [5.74, 6) is 0.185. The molecule has 3 N–H and O–H groups in total. The Hall–Kier alpha value is -1.30. The van der Waals surface area contributed by atoms with Crippen LogP contribution in [-0.2, 0) is 9.53 Å². The Morgan fingerprint density at radius 1 is 0.895 bits per heavy atom. The number of amides is 2. The number of carbonyl (C=O) groups excluding carboxylic acids is 2. The Labute approximate surface area is 115 Å². The standard InChI is InChI=1S/C5H11N.C3H5NO2.C3H5NO.C2H6/c1-2-4-6-5-3-1;5-3-4-1-2-6-3;5-3-1-2-4-3;1-2/h6H,1-5H2;1-2H2,(H,4,5);1-2H2,(H,4,5);1-2H3. The summed E-state index contributed by atoms with van der Waals surface area (Å²) in [6, 6.07) is 0. The number of hydrogen-bond donors (Lipinski definition) is 3. The van der Waals surface area contributed by atoms with Gasteiger partial charge in [0.2, 0.25) is 5.91 Å². The van der Waals surface area contributed by atoms with Crippen LogP contribution in [0.2, 0.25) is 0 Å². The van der Waals surface area contributed by atoms with Gasteiger partial charge in [0.05, 0.1) is 6.54 Å². The topological polar surface area (TPSA) is 79.5 Å². The van der Waals surface area contributed by atoms with Crippen molar-refractivity contribution in [2.75, 3.05) is 32.8 Å². The highest BCUT2D eigenvalue weighted by atomic mass is 16.6. The molecular formula is C13H27N3O3. The molecule has 0 aromatic rings. The fourth-order valence-electron chi connectivity index (χ4n) is 1.38. The van der Waals surface area contributed by atoms with Crippen molar-refractivity contribution in [3.8, 4) is 0 Å². The van der Waals surface area contributed by atoms with Gasteiger partial charge in [-0.3, -0.25) is 4.79 Å². The summed E-state index contributed by atoms with van der Waals surface area (Å²) >= 11 is 0. The van der Waals surface area contributed by atoms with Crippen molar-refractivity contribution in [2.24, 2.45) is 0 Å². The van der Waals surface area contributed by atoms with Crippen molar-refractivity contribution in [1.82, 2.24) is 16.0 Å². The van der Waals surface area contributed by atoms with Crippen molar-refractivity contribution >= 4 is 12.0 Å². The number of nitrogens with one attached hydrogen (secondary N) is 3. The number of piperidine rings is 1. The summed E-state index contributed by atoms with van der Waals surface area (Å²) in [7, 11) is 0. The molecule has 3 rings (SSSR count). The predicted octanol–water partition coefficient (Wildman–Crippen LogP) is 1.02. The Morgan fingerprint density at radius 3 is 1.58 bits per heavy atom. The maximum absolute atomic E-state index is 9.91. The van der Waals surface area contributed by atoms with E-state index >= 15 is 0 Å². The molecule has 3 fully saturated rings. The van der Waals surface area contributed by atoms with E-state index in [1.165, 1.54) is 32.4 Å². The second kappa shape index (κ2) is 13.1. The van der Waals surface area contributed by atoms with Gasteiger partial charge in [-0.15, -0.1) is 0 Å². The van der Waals surface area contributed by atoms with Crippen LogP contribution in [0.4, 0.5) is 4.79 Å². The number of carbonyl (C=O) groups is 2. The predicted molar refractivity (Wildman–Crippen MR) is 75.0 cm³/mol. The molecule has 6 heteroatoms. The van der Waals surface area contributed by atoms with Gasteiger partial charge in [0.1, 0.15) is 6.61 Å². The molecule has 2 amide bonds. The van der Waals surface area contributed by atoms with Gasteiger partial charge in [0, 0.05) is 13.0 Å². The summed E-state index contributed by atoms with van der Waals surface area (Å²) in [6.07, 6.45) is 4.66. The number of ether oxygens (including phenoxy) is 1. The van der Waals surface area contributed by atoms with Gasteiger partial charge < -0.3 is 20.7 Å². The zero-order valence-electron chi connectivity index (χ0n) is 12.1. The lowest BCUT2D eigenvalue weighted by atomic mass is 10.2. The second-order valence-electron chi connectivity index (χ2n) is 3.97. The fourth-order valence-corrected chi connectivity index (χ4v) is 1.38. The lowest BCUT2D eigenvalue weighted by molar-refractivity contribution is -0.125. The van der Waals surface area contributed by atoms with Gasteiger partial charge in [-0.25, -0.2) is 4.79 Å². The highest BCUT2D eigenvalue weighted by Crippen LogP contribution is 1.96. The smallest absolute Gasteiger partial charge is 0.407 e. The first kappa shape index (κ1) is 17.7. The quantitative estimate of drug-likeness (QED) is 0.576. The molecule has 0 radical (unpaired) electrons. The van der Waals surface area contributed by atoms with Crippen LogP contribution in [-0.4, -0.2) is 44.8 Å². The summed E-state index contributed by atoms with van der Waals surface area (Å²) in [5, 5.41) is 8.31. The van der Waals surface area contributed by atoms with E-state index in [-0.39, 0.29) is 12.0 Å². The molecule has 0 aliphatic carbocycles. The number of β-lactam (4-membered cyclic amide) rings is 1. The third-order valence-corrected chi connectivity index (χ3v) is 2.49. The van der Waals surface area contributed by atoms with Gasteiger partial charge in [-0.1, -0.05) is 20.3 Å². The number of hydrogen-bond acceptors (Lipinski definition) is 4. The number of cyclic esters (lactones) is 1. The van der Waals surface area contributed by atoms with Crippen LogP contribution in [0.25, 0.3) is 0 Å². The minimum absolute atomic E-state index is 0.185. The highest BCUT2D eigenvalue weighted by molar-refractivity contribution is 5.81. The SMILES string of the molecule is C1CCNCC1.CC.O=C1CCN1.O=C1NCCO1. The zero-order chi connectivity index (χ0) is 14.3. The minimum atomic E-state index is -0.296. The molecular weight excluding hydrogens is 246 g/mol. The first-order valence-electron chi connectivity index (χ1n) is 7.17. The lowest BCUT2D eigenvalue weighted by Gasteiger charge is -2.10. The molecule has 3 saturated heterocycles. The molecule has 19 heavy (non-hydrogen) atoms. The molecule has 3 heterocycles. The Balaban J connectivity index is 0.000000241. The van der Waals surface area contributed by atoms with Gasteiger partial charge in [-0.05, 0) is 25.9 Å². The van der Waals surface area contributed by atoms with Crippen LogP contribution in [0.3, 0.4) is 0 Å². The van der Waals surface area contributed by atoms with E-state index in [9.17, 15) is 9.59 Å². The maximum Gasteiger partial charge on any atom is 0.407 e. The van der Waals surface area contributed by atoms with Gasteiger partial charge in [-0.2, -0.15) is 0 Å². The van der Waals surface area contributed by atoms with Crippen LogP contribution < -0.4 is 16.0 Å². The van der Waals surface area contributed by atoms with Crippen LogP contribution in [0.5, 0.6) is 0 Å². The molecule has 0 saturated carbocycles. The van der Waals surface area contributed by atoms with Crippen molar-refractivity contribution in [3.63, 3.8) is 0 Å². The number of rotatable bonds is 0. The fraction of sp³-hybridized carbons (Fsp3) is 0.846. The van der Waals surface area contributed by atoms with E-state index in [1.54, 1.807) is 0 Å². The van der Waals surface area contributed by atoms with E-state index in [4.69, 9.17) is 0 Å². The van der Waals surface area contributed by atoms with E-state index in [0.717, 1.165) is 13.0 Å². The third-order valence-electron chi connectivity index (χ3n) is 2.49. The van der Waals surface area contributed by atoms with Crippen LogP contribution in [0, 0.1) is 0 Å². The normalized spacial score (nSPS) is 19.5. The third kappa shape index (κ3) is 11.5. The first-order valence-corrected chi connectivity index (χ1v) is 7.17. The van der Waals surface area contributed by atoms with Crippen molar-refractivity contribution in [1.29, 1.82) is 0 Å². The summed E-state index contributed by atoms with van der Waals surface area (Å²) in [5.41, 5.74) is 0. The van der Waals surface area contributed by atoms with Crippen LogP contribution in [0.1, 0.15) is 39.5 Å². The largest absolute Gasteiger partial charge is 0.448 e. The summed E-state index contributed by atoms with van der Waals surface area (Å²) < 4.78 is 4.40. The van der Waals surface area contributed by atoms with Gasteiger partial charge >= 0.3 is 6.09 Å². The van der Waals surface area contributed by atoms with Gasteiger partial charge in [0.15, 0.2) is 0 Å². The maximum atomic E-state index is 9.91. The molecule has 0 unspecified atom stereocenters. The van der Waals surface area contributed by atoms with Crippen LogP contribution >= 0.6 is 0 Å². The van der Waals surface area contributed by atoms with E-state index in [1.807, 2.05) is 13.8 Å². The molecule has 0 atom stereocenters. The van der Waals surface area contributed by atoms with Crippen molar-refractivity contribution in [3.05, 3.63) is 0 Å². The molecule has 0 aromatic heterocycles. The average Bonchev–Trinajstić information content (AvgIpc) is 2.93. The monoisotopic (exact) mass is 273 g/mol. The first-order chi connectivity index (χ1) is 9.29. The molecule has 0 aromatic carbocycles. The Morgan fingerprint density at radius 2 is 1.47 bits per heavy atom. The summed E-state index contributed by atoms with van der Waals surface area (Å²) in [6.45, 7) is 8.58. The molecule has 112 valence electrons. The number of alkyl carbamates (subject to hydrolysis) is 1. The molecule has 0 spiro atoms. The Bertz CT molecular complexity index is 218. The highest BCUT2D eigenvalue weighted by Gasteiger charge is 2.07. The van der Waals surface area contributed by atoms with E-state index in [2.05, 4.69) is 20.7 Å². The van der Waals surface area contributed by atoms with E-state index in [0.29, 0.717) is 13.2 Å². The van der Waals surface area contributed by atoms with Crippen molar-refractivity contribution < 1.29 is 14.3 Å². The van der Waals surface area contributed by atoms with Crippen LogP contribution in [0.15, 0.2) is 0 Å². The van der Waals surface area contributed by atoms with Crippen molar-refractivity contribution in [2.45, 2.75) is 39.5 Å². The molecule has 3 aliphatic heterocycles. The van der Waals surface area contributed by atoms with Gasteiger partial charge in [0.25, 0.3) is 0 Å². The lowest BCUT2D eigenvalue weighted by Crippen LogP contribution is -2.37. The minimum Gasteiger partial charge on any atom is -0.448 e. The second-order valence-corrected chi connectivity index (χ2v) is 3.97. The average molecular weight is 273 g/mol. The summed E-state index contributed by atoms with van der Waals surface area (Å²) in [4.78, 5) is 19.7. The molecule has 6 nitrogen and oxygen atoms in total. The molecule has 3 aliphatic rings. The zero-order valence-corrected chi connectivity index (χ0v) is 12.1. The Kier molecular flexibility index (Phi) is 12.2. The molecule has 0 bridgehead atoms. The van der Waals surface area contributed by atoms with E-state index < -0.39 is 0 Å².